The average Bonchev–Trinajstić information content (AvgIpc) is 2.10. The molecule has 1 aromatic carbocycles. The fourth-order valence-electron chi connectivity index (χ4n) is 2.20. The molecule has 1 atom stereocenters. The largest absolute Gasteiger partial charge is 0.399 e. The molecule has 0 spiro atoms. The minimum Gasteiger partial charge on any atom is -0.399 e. The fourth-order valence-corrected chi connectivity index (χ4v) is 2.20. The van der Waals surface area contributed by atoms with Crippen molar-refractivity contribution in [3.8, 4) is 0 Å². The van der Waals surface area contributed by atoms with Gasteiger partial charge < -0.3 is 11.1 Å². The molecule has 2 nitrogen and oxygen atoms in total. The summed E-state index contributed by atoms with van der Waals surface area (Å²) in [7, 11) is 2.03. The quantitative estimate of drug-likeness (QED) is 0.718. The molecule has 1 saturated carbocycles. The number of nitrogens with one attached hydrogen (secondary N) is 1. The fraction of sp³-hybridized carbons (Fsp3) is 0.500. The number of rotatable bonds is 3. The maximum atomic E-state index is 5.78. The van der Waals surface area contributed by atoms with Gasteiger partial charge in [-0.3, -0.25) is 0 Å². The molecule has 0 aromatic heterocycles. The second kappa shape index (κ2) is 4.01. The lowest BCUT2D eigenvalue weighted by Crippen LogP contribution is -2.29. The molecule has 1 aliphatic rings. The molecule has 1 aromatic rings. The van der Waals surface area contributed by atoms with E-state index in [0.717, 1.165) is 11.6 Å². The minimum atomic E-state index is 0.493. The zero-order chi connectivity index (χ0) is 9.97. The van der Waals surface area contributed by atoms with E-state index in [1.54, 1.807) is 0 Å². The van der Waals surface area contributed by atoms with Crippen molar-refractivity contribution < 1.29 is 0 Å². The molecule has 0 amide bonds. The zero-order valence-corrected chi connectivity index (χ0v) is 8.66. The van der Waals surface area contributed by atoms with Crippen LogP contribution in [-0.4, -0.2) is 7.05 Å². The van der Waals surface area contributed by atoms with Crippen LogP contribution in [0.25, 0.3) is 0 Å². The molecule has 1 unspecified atom stereocenters. The number of hydrogen-bond donors (Lipinski definition) is 2. The molecule has 14 heavy (non-hydrogen) atoms. The number of anilines is 1. The third-order valence-corrected chi connectivity index (χ3v) is 3.20. The summed E-state index contributed by atoms with van der Waals surface area (Å²) in [6.45, 7) is 0. The highest BCUT2D eigenvalue weighted by Gasteiger charge is 2.27. The van der Waals surface area contributed by atoms with E-state index in [1.165, 1.54) is 24.8 Å². The van der Waals surface area contributed by atoms with Crippen molar-refractivity contribution in [2.24, 2.45) is 5.92 Å². The van der Waals surface area contributed by atoms with Gasteiger partial charge in [0.15, 0.2) is 0 Å². The summed E-state index contributed by atoms with van der Waals surface area (Å²) in [5, 5.41) is 3.39. The third kappa shape index (κ3) is 1.75. The lowest BCUT2D eigenvalue weighted by molar-refractivity contribution is 0.239. The highest BCUT2D eigenvalue weighted by Crippen LogP contribution is 2.37. The van der Waals surface area contributed by atoms with E-state index in [4.69, 9.17) is 5.73 Å². The van der Waals surface area contributed by atoms with Crippen LogP contribution in [0.4, 0.5) is 5.69 Å². The van der Waals surface area contributed by atoms with Crippen LogP contribution < -0.4 is 11.1 Å². The normalized spacial score (nSPS) is 18.9. The Morgan fingerprint density at radius 1 is 1.43 bits per heavy atom. The smallest absolute Gasteiger partial charge is 0.0346 e. The van der Waals surface area contributed by atoms with Crippen molar-refractivity contribution in [1.29, 1.82) is 0 Å². The number of hydrogen-bond acceptors (Lipinski definition) is 2. The standard InChI is InChI=1S/C12H18N2/c1-14-12(9-4-2-5-9)10-6-3-7-11(13)8-10/h3,6-9,12,14H,2,4-5,13H2,1H3. The topological polar surface area (TPSA) is 38.0 Å². The molecule has 0 saturated heterocycles. The molecular weight excluding hydrogens is 172 g/mol. The third-order valence-electron chi connectivity index (χ3n) is 3.20. The number of nitrogens with two attached hydrogens (primary N) is 1. The van der Waals surface area contributed by atoms with Crippen LogP contribution in [0.1, 0.15) is 30.9 Å². The first-order chi connectivity index (χ1) is 6.81. The van der Waals surface area contributed by atoms with Crippen molar-refractivity contribution >= 4 is 5.69 Å². The van der Waals surface area contributed by atoms with Crippen LogP contribution in [0.3, 0.4) is 0 Å². The van der Waals surface area contributed by atoms with Crippen LogP contribution in [0.2, 0.25) is 0 Å². The molecule has 0 bridgehead atoms. The summed E-state index contributed by atoms with van der Waals surface area (Å²) in [6, 6.07) is 8.72. The Hall–Kier alpha value is -1.02. The maximum Gasteiger partial charge on any atom is 0.0346 e. The van der Waals surface area contributed by atoms with E-state index in [-0.39, 0.29) is 0 Å². The van der Waals surface area contributed by atoms with Gasteiger partial charge in [-0.1, -0.05) is 18.6 Å². The minimum absolute atomic E-state index is 0.493. The van der Waals surface area contributed by atoms with E-state index in [9.17, 15) is 0 Å². The second-order valence-electron chi connectivity index (χ2n) is 4.13. The Morgan fingerprint density at radius 3 is 2.71 bits per heavy atom. The average molecular weight is 190 g/mol. The van der Waals surface area contributed by atoms with E-state index < -0.39 is 0 Å². The van der Waals surface area contributed by atoms with Gasteiger partial charge in [0.2, 0.25) is 0 Å². The Labute approximate surface area is 85.5 Å². The van der Waals surface area contributed by atoms with Crippen molar-refractivity contribution in [3.63, 3.8) is 0 Å². The van der Waals surface area contributed by atoms with Gasteiger partial charge in [-0.15, -0.1) is 0 Å². The van der Waals surface area contributed by atoms with Gasteiger partial charge in [0.1, 0.15) is 0 Å². The molecule has 2 rings (SSSR count). The highest BCUT2D eigenvalue weighted by molar-refractivity contribution is 5.41. The van der Waals surface area contributed by atoms with Gasteiger partial charge in [0, 0.05) is 11.7 Å². The van der Waals surface area contributed by atoms with Crippen LogP contribution in [0.15, 0.2) is 24.3 Å². The monoisotopic (exact) mass is 190 g/mol. The SMILES string of the molecule is CNC(c1cccc(N)c1)C1CCC1. The first-order valence-corrected chi connectivity index (χ1v) is 5.34. The van der Waals surface area contributed by atoms with E-state index in [0.29, 0.717) is 6.04 Å². The van der Waals surface area contributed by atoms with Crippen LogP contribution in [0.5, 0.6) is 0 Å². The first-order valence-electron chi connectivity index (χ1n) is 5.34. The Balaban J connectivity index is 2.17. The van der Waals surface area contributed by atoms with Gasteiger partial charge in [-0.05, 0) is 43.5 Å². The van der Waals surface area contributed by atoms with Crippen LogP contribution >= 0.6 is 0 Å². The Kier molecular flexibility index (Phi) is 2.73. The van der Waals surface area contributed by atoms with Crippen molar-refractivity contribution in [2.45, 2.75) is 25.3 Å². The van der Waals surface area contributed by atoms with Crippen LogP contribution in [-0.2, 0) is 0 Å². The molecule has 3 N–H and O–H groups in total. The molecule has 0 radical (unpaired) electrons. The maximum absolute atomic E-state index is 5.78. The molecule has 2 heteroatoms. The zero-order valence-electron chi connectivity index (χ0n) is 8.66. The molecule has 1 aliphatic carbocycles. The summed E-state index contributed by atoms with van der Waals surface area (Å²) in [5.74, 6) is 0.807. The lowest BCUT2D eigenvalue weighted by Gasteiger charge is -2.34. The summed E-state index contributed by atoms with van der Waals surface area (Å²) in [6.07, 6.45) is 4.08. The summed E-state index contributed by atoms with van der Waals surface area (Å²) < 4.78 is 0. The van der Waals surface area contributed by atoms with Gasteiger partial charge in [-0.2, -0.15) is 0 Å². The molecule has 0 heterocycles. The second-order valence-corrected chi connectivity index (χ2v) is 4.13. The van der Waals surface area contributed by atoms with Gasteiger partial charge in [0.05, 0.1) is 0 Å². The van der Waals surface area contributed by atoms with E-state index >= 15 is 0 Å². The predicted molar refractivity (Wildman–Crippen MR) is 60.0 cm³/mol. The molecule has 1 fully saturated rings. The van der Waals surface area contributed by atoms with E-state index in [2.05, 4.69) is 17.4 Å². The highest BCUT2D eigenvalue weighted by atomic mass is 14.9. The Bertz CT molecular complexity index is 305. The van der Waals surface area contributed by atoms with Crippen molar-refractivity contribution in [1.82, 2.24) is 5.32 Å². The van der Waals surface area contributed by atoms with Crippen LogP contribution in [0, 0.1) is 5.92 Å². The predicted octanol–water partition coefficient (Wildman–Crippen LogP) is 2.33. The van der Waals surface area contributed by atoms with Crippen molar-refractivity contribution in [2.75, 3.05) is 12.8 Å². The summed E-state index contributed by atoms with van der Waals surface area (Å²) in [5.41, 5.74) is 7.98. The summed E-state index contributed by atoms with van der Waals surface area (Å²) in [4.78, 5) is 0. The van der Waals surface area contributed by atoms with Crippen molar-refractivity contribution in [3.05, 3.63) is 29.8 Å². The Morgan fingerprint density at radius 2 is 2.21 bits per heavy atom. The van der Waals surface area contributed by atoms with Gasteiger partial charge in [0.25, 0.3) is 0 Å². The van der Waals surface area contributed by atoms with Gasteiger partial charge >= 0.3 is 0 Å². The molecule has 76 valence electrons. The molecular formula is C12H18N2. The van der Waals surface area contributed by atoms with E-state index in [1.807, 2.05) is 19.2 Å². The summed E-state index contributed by atoms with van der Waals surface area (Å²) >= 11 is 0. The first kappa shape index (κ1) is 9.53. The lowest BCUT2D eigenvalue weighted by atomic mass is 9.77. The van der Waals surface area contributed by atoms with Gasteiger partial charge in [-0.25, -0.2) is 0 Å². The number of benzene rings is 1. The number of nitrogen functional groups attached to an aromatic ring is 1. The molecule has 0 aliphatic heterocycles.